The first-order valence-corrected chi connectivity index (χ1v) is 8.74. The van der Waals surface area contributed by atoms with Gasteiger partial charge in [0.15, 0.2) is 0 Å². The topological polar surface area (TPSA) is 9.23 Å². The zero-order valence-corrected chi connectivity index (χ0v) is 12.3. The van der Waals surface area contributed by atoms with Crippen LogP contribution in [0.4, 0.5) is 0 Å². The van der Waals surface area contributed by atoms with Crippen LogP contribution in [0.3, 0.4) is 0 Å². The fourth-order valence-corrected chi connectivity index (χ4v) is 6.05. The monoisotopic (exact) mass is 270 g/mol. The molecule has 17 heavy (non-hydrogen) atoms. The van der Waals surface area contributed by atoms with Crippen LogP contribution < -0.4 is 0 Å². The minimum absolute atomic E-state index is 0.123. The molecule has 0 spiro atoms. The third kappa shape index (κ3) is 3.59. The quantitative estimate of drug-likeness (QED) is 0.719. The highest BCUT2D eigenvalue weighted by atomic mass is 32.2. The van der Waals surface area contributed by atoms with E-state index in [1.807, 2.05) is 6.92 Å². The SMILES string of the molecule is CC#CCOC1(C2SCCCS2)CCCCC1. The summed E-state index contributed by atoms with van der Waals surface area (Å²) in [5.74, 6) is 8.62. The number of hydrogen-bond acceptors (Lipinski definition) is 3. The molecule has 1 saturated heterocycles. The number of rotatable bonds is 3. The molecule has 3 heteroatoms. The Hall–Kier alpha value is 0.220. The van der Waals surface area contributed by atoms with Crippen LogP contribution in [0.1, 0.15) is 45.4 Å². The van der Waals surface area contributed by atoms with Crippen molar-refractivity contribution in [2.45, 2.75) is 55.6 Å². The van der Waals surface area contributed by atoms with Gasteiger partial charge in [0.1, 0.15) is 6.61 Å². The zero-order chi connectivity index (χ0) is 12.0. The van der Waals surface area contributed by atoms with E-state index in [4.69, 9.17) is 4.74 Å². The number of hydrogen-bond donors (Lipinski definition) is 0. The molecule has 0 radical (unpaired) electrons. The third-order valence-electron chi connectivity index (χ3n) is 3.57. The van der Waals surface area contributed by atoms with Gasteiger partial charge in [-0.1, -0.05) is 25.2 Å². The average molecular weight is 270 g/mol. The van der Waals surface area contributed by atoms with Gasteiger partial charge in [0.05, 0.1) is 10.2 Å². The van der Waals surface area contributed by atoms with Crippen LogP contribution >= 0.6 is 23.5 Å². The van der Waals surface area contributed by atoms with Gasteiger partial charge in [0.25, 0.3) is 0 Å². The second-order valence-electron chi connectivity index (χ2n) is 4.77. The van der Waals surface area contributed by atoms with Crippen LogP contribution in [0, 0.1) is 11.8 Å². The fourth-order valence-electron chi connectivity index (χ4n) is 2.64. The molecule has 0 amide bonds. The minimum atomic E-state index is 0.123. The van der Waals surface area contributed by atoms with Gasteiger partial charge in [-0.3, -0.25) is 0 Å². The molecular formula is C14H22OS2. The molecule has 2 rings (SSSR count). The van der Waals surface area contributed by atoms with E-state index in [-0.39, 0.29) is 5.60 Å². The van der Waals surface area contributed by atoms with Crippen molar-refractivity contribution >= 4 is 23.5 Å². The van der Waals surface area contributed by atoms with E-state index < -0.39 is 0 Å². The van der Waals surface area contributed by atoms with Gasteiger partial charge >= 0.3 is 0 Å². The van der Waals surface area contributed by atoms with E-state index in [9.17, 15) is 0 Å². The predicted molar refractivity (Wildman–Crippen MR) is 78.5 cm³/mol. The van der Waals surface area contributed by atoms with Crippen molar-refractivity contribution in [2.75, 3.05) is 18.1 Å². The third-order valence-corrected chi connectivity index (χ3v) is 6.90. The Labute approximate surface area is 114 Å². The molecule has 1 aliphatic heterocycles. The summed E-state index contributed by atoms with van der Waals surface area (Å²) in [4.78, 5) is 0. The first-order chi connectivity index (χ1) is 8.37. The first-order valence-electron chi connectivity index (χ1n) is 6.64. The Morgan fingerprint density at radius 1 is 1.12 bits per heavy atom. The van der Waals surface area contributed by atoms with Crippen molar-refractivity contribution in [2.24, 2.45) is 0 Å². The van der Waals surface area contributed by atoms with Crippen LogP contribution in [-0.2, 0) is 4.74 Å². The highest BCUT2D eigenvalue weighted by molar-refractivity contribution is 8.17. The van der Waals surface area contributed by atoms with E-state index in [1.165, 1.54) is 50.0 Å². The lowest BCUT2D eigenvalue weighted by atomic mass is 9.86. The number of ether oxygens (including phenoxy) is 1. The molecule has 0 unspecified atom stereocenters. The molecule has 2 aliphatic rings. The normalized spacial score (nSPS) is 25.0. The van der Waals surface area contributed by atoms with Gasteiger partial charge in [-0.25, -0.2) is 0 Å². The van der Waals surface area contributed by atoms with Gasteiger partial charge in [0.2, 0.25) is 0 Å². The van der Waals surface area contributed by atoms with Crippen LogP contribution in [0.25, 0.3) is 0 Å². The maximum absolute atomic E-state index is 6.24. The summed E-state index contributed by atoms with van der Waals surface area (Å²) in [6, 6.07) is 0. The largest absolute Gasteiger partial charge is 0.360 e. The fraction of sp³-hybridized carbons (Fsp3) is 0.857. The van der Waals surface area contributed by atoms with Crippen LogP contribution in [0.5, 0.6) is 0 Å². The van der Waals surface area contributed by atoms with E-state index in [1.54, 1.807) is 0 Å². The summed E-state index contributed by atoms with van der Waals surface area (Å²) < 4.78 is 6.88. The maximum atomic E-state index is 6.24. The van der Waals surface area contributed by atoms with E-state index in [0.29, 0.717) is 11.2 Å². The lowest BCUT2D eigenvalue weighted by molar-refractivity contribution is -0.0421. The summed E-state index contributed by atoms with van der Waals surface area (Å²) in [6.07, 6.45) is 7.88. The molecular weight excluding hydrogens is 248 g/mol. The molecule has 0 aromatic carbocycles. The molecule has 96 valence electrons. The second kappa shape index (κ2) is 6.97. The zero-order valence-electron chi connectivity index (χ0n) is 10.7. The van der Waals surface area contributed by atoms with Crippen molar-refractivity contribution in [3.05, 3.63) is 0 Å². The van der Waals surface area contributed by atoms with Crippen molar-refractivity contribution in [3.63, 3.8) is 0 Å². The van der Waals surface area contributed by atoms with Gasteiger partial charge in [0, 0.05) is 0 Å². The van der Waals surface area contributed by atoms with E-state index in [2.05, 4.69) is 35.4 Å². The molecule has 0 atom stereocenters. The Morgan fingerprint density at radius 2 is 1.82 bits per heavy atom. The Kier molecular flexibility index (Phi) is 5.59. The van der Waals surface area contributed by atoms with Crippen molar-refractivity contribution in [1.82, 2.24) is 0 Å². The Morgan fingerprint density at radius 3 is 2.47 bits per heavy atom. The summed E-state index contributed by atoms with van der Waals surface area (Å²) in [5, 5.41) is 0. The predicted octanol–water partition coefficient (Wildman–Crippen LogP) is 3.93. The van der Waals surface area contributed by atoms with Gasteiger partial charge < -0.3 is 4.74 Å². The molecule has 1 aliphatic carbocycles. The van der Waals surface area contributed by atoms with Crippen molar-refractivity contribution < 1.29 is 4.74 Å². The molecule has 0 aromatic rings. The molecule has 0 aromatic heterocycles. The minimum Gasteiger partial charge on any atom is -0.360 e. The molecule has 1 heterocycles. The number of thioether (sulfide) groups is 2. The molecule has 0 N–H and O–H groups in total. The smallest absolute Gasteiger partial charge is 0.108 e. The second-order valence-corrected chi connectivity index (χ2v) is 7.49. The first kappa shape index (κ1) is 13.6. The highest BCUT2D eigenvalue weighted by Crippen LogP contribution is 2.46. The van der Waals surface area contributed by atoms with Crippen LogP contribution in [0.2, 0.25) is 0 Å². The van der Waals surface area contributed by atoms with Gasteiger partial charge in [-0.2, -0.15) is 0 Å². The molecule has 0 bridgehead atoms. The Bertz CT molecular complexity index is 280. The van der Waals surface area contributed by atoms with Crippen molar-refractivity contribution in [1.29, 1.82) is 0 Å². The van der Waals surface area contributed by atoms with Gasteiger partial charge in [-0.05, 0) is 37.7 Å². The van der Waals surface area contributed by atoms with E-state index in [0.717, 1.165) is 0 Å². The van der Waals surface area contributed by atoms with Gasteiger partial charge in [-0.15, -0.1) is 29.4 Å². The van der Waals surface area contributed by atoms with Crippen molar-refractivity contribution in [3.8, 4) is 11.8 Å². The summed E-state index contributed by atoms with van der Waals surface area (Å²) in [6.45, 7) is 2.51. The molecule has 1 nitrogen and oxygen atoms in total. The average Bonchev–Trinajstić information content (AvgIpc) is 2.41. The lowest BCUT2D eigenvalue weighted by Gasteiger charge is -2.43. The Balaban J connectivity index is 2.00. The van der Waals surface area contributed by atoms with Crippen LogP contribution in [-0.4, -0.2) is 28.3 Å². The molecule has 2 fully saturated rings. The lowest BCUT2D eigenvalue weighted by Crippen LogP contribution is -2.44. The summed E-state index contributed by atoms with van der Waals surface area (Å²) >= 11 is 4.23. The summed E-state index contributed by atoms with van der Waals surface area (Å²) in [5.41, 5.74) is 0.123. The van der Waals surface area contributed by atoms with Crippen LogP contribution in [0.15, 0.2) is 0 Å². The standard InChI is InChI=1S/C14H22OS2/c1-2-3-10-15-14(8-5-4-6-9-14)13-16-11-7-12-17-13/h13H,4-12H2,1H3. The highest BCUT2D eigenvalue weighted by Gasteiger charge is 2.42. The summed E-state index contributed by atoms with van der Waals surface area (Å²) in [7, 11) is 0. The van der Waals surface area contributed by atoms with E-state index >= 15 is 0 Å². The maximum Gasteiger partial charge on any atom is 0.108 e. The molecule has 1 saturated carbocycles.